The van der Waals surface area contributed by atoms with Gasteiger partial charge in [0.25, 0.3) is 0 Å². The van der Waals surface area contributed by atoms with E-state index in [4.69, 9.17) is 9.47 Å². The predicted molar refractivity (Wildman–Crippen MR) is 154 cm³/mol. The van der Waals surface area contributed by atoms with Crippen LogP contribution in [0.1, 0.15) is 50.7 Å². The van der Waals surface area contributed by atoms with Gasteiger partial charge in [-0.3, -0.25) is 9.69 Å². The molecule has 206 valence electrons. The smallest absolute Gasteiger partial charge is 0.224 e. The van der Waals surface area contributed by atoms with Crippen LogP contribution in [0.25, 0.3) is 11.1 Å². The third kappa shape index (κ3) is 6.27. The van der Waals surface area contributed by atoms with Gasteiger partial charge in [0, 0.05) is 24.7 Å². The summed E-state index contributed by atoms with van der Waals surface area (Å²) < 4.78 is 25.8. The highest BCUT2D eigenvalue weighted by Crippen LogP contribution is 2.45. The quantitative estimate of drug-likeness (QED) is 0.301. The molecule has 3 aromatic carbocycles. The van der Waals surface area contributed by atoms with Gasteiger partial charge in [0.15, 0.2) is 0 Å². The second-order valence-electron chi connectivity index (χ2n) is 10.8. The first-order valence-electron chi connectivity index (χ1n) is 14.2. The monoisotopic (exact) mass is 530 g/mol. The summed E-state index contributed by atoms with van der Waals surface area (Å²) in [5, 5.41) is 3.10. The summed E-state index contributed by atoms with van der Waals surface area (Å²) in [7, 11) is 0. The number of nitrogens with one attached hydrogen (secondary N) is 1. The molecule has 0 bridgehead atoms. The molecule has 1 saturated carbocycles. The van der Waals surface area contributed by atoms with Gasteiger partial charge in [0.05, 0.1) is 18.8 Å². The van der Waals surface area contributed by atoms with E-state index < -0.39 is 0 Å². The number of halogens is 1. The standard InChI is InChI=1S/C33H39FN2O3/c1-4-38-30-18-23(19-31(39-5-2)33(30)24-9-12-26(34)13-10-24)21-36-16-15-28-25(11-14-29(28)36)20-32(37)35-27-8-6-7-22(3)17-27/h6-10,12-13,17-19,25,28-29H,4-5,11,14-16,20-21H2,1-3H3,(H,35,37)/t25?,28-,29+/m0/s1. The Morgan fingerprint density at radius 3 is 2.36 bits per heavy atom. The van der Waals surface area contributed by atoms with Gasteiger partial charge in [-0.05, 0) is 112 Å². The van der Waals surface area contributed by atoms with Crippen LogP contribution >= 0.6 is 0 Å². The fourth-order valence-electron chi connectivity index (χ4n) is 6.52. The van der Waals surface area contributed by atoms with E-state index in [1.807, 2.05) is 45.0 Å². The van der Waals surface area contributed by atoms with Gasteiger partial charge in [-0.1, -0.05) is 24.3 Å². The second-order valence-corrected chi connectivity index (χ2v) is 10.8. The number of hydrogen-bond acceptors (Lipinski definition) is 4. The number of carbonyl (C=O) groups excluding carboxylic acids is 1. The summed E-state index contributed by atoms with van der Waals surface area (Å²) in [4.78, 5) is 15.4. The Balaban J connectivity index is 1.29. The summed E-state index contributed by atoms with van der Waals surface area (Å²) in [5.41, 5.74) is 4.91. The van der Waals surface area contributed by atoms with Crippen molar-refractivity contribution in [3.05, 3.63) is 77.6 Å². The minimum Gasteiger partial charge on any atom is -0.493 e. The van der Waals surface area contributed by atoms with E-state index in [1.54, 1.807) is 12.1 Å². The van der Waals surface area contributed by atoms with Crippen LogP contribution in [-0.2, 0) is 11.3 Å². The zero-order chi connectivity index (χ0) is 27.4. The van der Waals surface area contributed by atoms with E-state index in [0.29, 0.717) is 37.5 Å². The average molecular weight is 531 g/mol. The molecule has 1 aliphatic carbocycles. The van der Waals surface area contributed by atoms with Crippen LogP contribution in [-0.4, -0.2) is 36.6 Å². The molecule has 6 heteroatoms. The van der Waals surface area contributed by atoms with Crippen LogP contribution in [0.15, 0.2) is 60.7 Å². The number of hydrogen-bond donors (Lipinski definition) is 1. The normalized spacial score (nSPS) is 20.6. The first-order valence-corrected chi connectivity index (χ1v) is 14.2. The maximum atomic E-state index is 13.6. The first-order chi connectivity index (χ1) is 18.9. The molecule has 2 aliphatic rings. The lowest BCUT2D eigenvalue weighted by Gasteiger charge is -2.25. The van der Waals surface area contributed by atoms with Crippen LogP contribution in [0, 0.1) is 24.6 Å². The van der Waals surface area contributed by atoms with E-state index in [-0.39, 0.29) is 11.7 Å². The van der Waals surface area contributed by atoms with E-state index in [0.717, 1.165) is 71.8 Å². The van der Waals surface area contributed by atoms with Crippen molar-refractivity contribution in [2.24, 2.45) is 11.8 Å². The van der Waals surface area contributed by atoms with Crippen molar-refractivity contribution >= 4 is 11.6 Å². The largest absolute Gasteiger partial charge is 0.493 e. The van der Waals surface area contributed by atoms with Gasteiger partial charge < -0.3 is 14.8 Å². The molecule has 0 spiro atoms. The molecule has 1 heterocycles. The van der Waals surface area contributed by atoms with Crippen LogP contribution in [0.3, 0.4) is 0 Å². The minimum atomic E-state index is -0.266. The zero-order valence-electron chi connectivity index (χ0n) is 23.2. The maximum absolute atomic E-state index is 13.6. The van der Waals surface area contributed by atoms with Gasteiger partial charge in [0.2, 0.25) is 5.91 Å². The molecule has 39 heavy (non-hydrogen) atoms. The number of anilines is 1. The molecule has 1 saturated heterocycles. The molecule has 1 unspecified atom stereocenters. The van der Waals surface area contributed by atoms with E-state index in [1.165, 1.54) is 12.1 Å². The number of fused-ring (bicyclic) bond motifs is 1. The van der Waals surface area contributed by atoms with E-state index in [9.17, 15) is 9.18 Å². The Morgan fingerprint density at radius 1 is 0.974 bits per heavy atom. The molecule has 5 rings (SSSR count). The van der Waals surface area contributed by atoms with Crippen molar-refractivity contribution in [3.8, 4) is 22.6 Å². The van der Waals surface area contributed by atoms with Crippen molar-refractivity contribution in [2.45, 2.75) is 59.0 Å². The Bertz CT molecular complexity index is 1270. The Labute approximate surface area is 231 Å². The van der Waals surface area contributed by atoms with Crippen LogP contribution in [0.5, 0.6) is 11.5 Å². The number of nitrogens with zero attached hydrogens (tertiary/aromatic N) is 1. The van der Waals surface area contributed by atoms with Gasteiger partial charge in [0.1, 0.15) is 17.3 Å². The number of rotatable bonds is 10. The molecule has 3 aromatic rings. The molecule has 1 amide bonds. The van der Waals surface area contributed by atoms with Crippen LogP contribution in [0.2, 0.25) is 0 Å². The number of amides is 1. The topological polar surface area (TPSA) is 50.8 Å². The van der Waals surface area contributed by atoms with Gasteiger partial charge in [-0.25, -0.2) is 4.39 Å². The van der Waals surface area contributed by atoms with Crippen molar-refractivity contribution in [3.63, 3.8) is 0 Å². The number of ether oxygens (including phenoxy) is 2. The lowest BCUT2D eigenvalue weighted by Crippen LogP contribution is -2.30. The summed E-state index contributed by atoms with van der Waals surface area (Å²) in [5.74, 6) is 2.34. The number of benzene rings is 3. The average Bonchev–Trinajstić information content (AvgIpc) is 3.48. The highest BCUT2D eigenvalue weighted by molar-refractivity contribution is 5.91. The number of aryl methyl sites for hydroxylation is 1. The van der Waals surface area contributed by atoms with E-state index >= 15 is 0 Å². The highest BCUT2D eigenvalue weighted by atomic mass is 19.1. The molecule has 3 atom stereocenters. The van der Waals surface area contributed by atoms with Crippen molar-refractivity contribution in [1.29, 1.82) is 0 Å². The third-order valence-corrected chi connectivity index (χ3v) is 8.15. The molecule has 0 aromatic heterocycles. The fourth-order valence-corrected chi connectivity index (χ4v) is 6.52. The summed E-state index contributed by atoms with van der Waals surface area (Å²) in [6.45, 7) is 8.88. The lowest BCUT2D eigenvalue weighted by atomic mass is 9.90. The predicted octanol–water partition coefficient (Wildman–Crippen LogP) is 7.23. The van der Waals surface area contributed by atoms with Gasteiger partial charge >= 0.3 is 0 Å². The van der Waals surface area contributed by atoms with Crippen molar-refractivity contribution < 1.29 is 18.7 Å². The minimum absolute atomic E-state index is 0.115. The zero-order valence-corrected chi connectivity index (χ0v) is 23.2. The van der Waals surface area contributed by atoms with Crippen molar-refractivity contribution in [1.82, 2.24) is 4.90 Å². The SMILES string of the molecule is CCOc1cc(CN2CC[C@H]3C(CC(=O)Nc4cccc(C)c4)CC[C@H]32)cc(OCC)c1-c1ccc(F)cc1. The van der Waals surface area contributed by atoms with Gasteiger partial charge in [-0.15, -0.1) is 0 Å². The molecular formula is C33H39FN2O3. The molecular weight excluding hydrogens is 491 g/mol. The van der Waals surface area contributed by atoms with E-state index in [2.05, 4.69) is 22.3 Å². The number of likely N-dealkylation sites (tertiary alicyclic amines) is 1. The second kappa shape index (κ2) is 12.2. The third-order valence-electron chi connectivity index (χ3n) is 8.15. The molecule has 0 radical (unpaired) electrons. The summed E-state index contributed by atoms with van der Waals surface area (Å²) >= 11 is 0. The van der Waals surface area contributed by atoms with Crippen LogP contribution in [0.4, 0.5) is 10.1 Å². The van der Waals surface area contributed by atoms with Crippen molar-refractivity contribution in [2.75, 3.05) is 25.1 Å². The molecule has 2 fully saturated rings. The Hall–Kier alpha value is -3.38. The molecule has 5 nitrogen and oxygen atoms in total. The lowest BCUT2D eigenvalue weighted by molar-refractivity contribution is -0.117. The highest BCUT2D eigenvalue weighted by Gasteiger charge is 2.44. The molecule has 1 aliphatic heterocycles. The fraction of sp³-hybridized carbons (Fsp3) is 0.424. The summed E-state index contributed by atoms with van der Waals surface area (Å²) in [6, 6.07) is 19.2. The Morgan fingerprint density at radius 2 is 1.69 bits per heavy atom. The first kappa shape index (κ1) is 27.2. The van der Waals surface area contributed by atoms with Crippen LogP contribution < -0.4 is 14.8 Å². The molecule has 1 N–H and O–H groups in total. The maximum Gasteiger partial charge on any atom is 0.224 e. The van der Waals surface area contributed by atoms with Gasteiger partial charge in [-0.2, -0.15) is 0 Å². The number of carbonyl (C=O) groups is 1. The Kier molecular flexibility index (Phi) is 8.51. The summed E-state index contributed by atoms with van der Waals surface area (Å²) in [6.07, 6.45) is 3.91.